The summed E-state index contributed by atoms with van der Waals surface area (Å²) < 4.78 is 16.7. The fourth-order valence-electron chi connectivity index (χ4n) is 6.27. The molecule has 4 aliphatic heterocycles. The number of alkyl carbamates (subject to hydrolysis) is 1. The summed E-state index contributed by atoms with van der Waals surface area (Å²) in [5.41, 5.74) is 1.75. The quantitative estimate of drug-likeness (QED) is 0.132. The van der Waals surface area contributed by atoms with Crippen LogP contribution in [0.2, 0.25) is 0 Å². The van der Waals surface area contributed by atoms with Crippen LogP contribution < -0.4 is 5.32 Å². The number of esters is 1. The van der Waals surface area contributed by atoms with Gasteiger partial charge in [0.2, 0.25) is 5.91 Å². The van der Waals surface area contributed by atoms with Gasteiger partial charge in [0.1, 0.15) is 29.3 Å². The highest BCUT2D eigenvalue weighted by atomic mass is 32.2. The molecule has 0 saturated carbocycles. The Kier molecular flexibility index (Phi) is 10.1. The standard InChI is InChI=1S/C37H40N4O8S/c1-5-18-47-36(46)39-20-27(21-39)40-17-16-25(31(40)42)19-26-22-50-33-28(38-35(45)49-37(2,3)4)32(43)41(33)29(26)34(44)48-30(23-12-8-6-9-13-23)24-14-10-7-11-15-24/h5-15,19,27-28,30,33H,1,16-18,20-22H2,2-4H3,(H,38,45)/b25-19+/t28-,33-/m1/s1. The molecule has 2 aromatic carbocycles. The molecule has 3 saturated heterocycles. The lowest BCUT2D eigenvalue weighted by Crippen LogP contribution is -2.70. The maximum Gasteiger partial charge on any atom is 0.410 e. The van der Waals surface area contributed by atoms with Crippen LogP contribution in [0.4, 0.5) is 9.59 Å². The van der Waals surface area contributed by atoms with Crippen LogP contribution in [-0.2, 0) is 28.6 Å². The number of likely N-dealkylation sites (tertiary alicyclic amines) is 2. The second-order valence-electron chi connectivity index (χ2n) is 13.4. The van der Waals surface area contributed by atoms with Crippen LogP contribution in [0.5, 0.6) is 0 Å². The molecule has 0 bridgehead atoms. The van der Waals surface area contributed by atoms with Gasteiger partial charge in [-0.15, -0.1) is 11.8 Å². The summed E-state index contributed by atoms with van der Waals surface area (Å²) in [6.45, 7) is 10.0. The van der Waals surface area contributed by atoms with Gasteiger partial charge in [0.05, 0.1) is 6.04 Å². The van der Waals surface area contributed by atoms with E-state index < -0.39 is 47.2 Å². The van der Waals surface area contributed by atoms with Crippen molar-refractivity contribution in [3.05, 3.63) is 107 Å². The molecule has 6 rings (SSSR count). The van der Waals surface area contributed by atoms with E-state index in [0.717, 1.165) is 11.1 Å². The van der Waals surface area contributed by atoms with Gasteiger partial charge >= 0.3 is 18.2 Å². The van der Waals surface area contributed by atoms with Gasteiger partial charge in [-0.05, 0) is 50.0 Å². The van der Waals surface area contributed by atoms with Crippen LogP contribution in [0.1, 0.15) is 44.4 Å². The first-order valence-corrected chi connectivity index (χ1v) is 17.5. The van der Waals surface area contributed by atoms with E-state index in [1.807, 2.05) is 60.7 Å². The third-order valence-electron chi connectivity index (χ3n) is 8.68. The number of benzene rings is 2. The summed E-state index contributed by atoms with van der Waals surface area (Å²) in [4.78, 5) is 71.0. The molecule has 4 aliphatic rings. The summed E-state index contributed by atoms with van der Waals surface area (Å²) in [6, 6.07) is 17.6. The Morgan fingerprint density at radius 3 is 2.26 bits per heavy atom. The third kappa shape index (κ3) is 7.28. The second kappa shape index (κ2) is 14.4. The molecule has 0 spiro atoms. The van der Waals surface area contributed by atoms with Crippen molar-refractivity contribution in [3.63, 3.8) is 0 Å². The highest BCUT2D eigenvalue weighted by Gasteiger charge is 2.55. The van der Waals surface area contributed by atoms with Gasteiger partial charge < -0.3 is 29.3 Å². The molecular weight excluding hydrogens is 660 g/mol. The smallest absolute Gasteiger partial charge is 0.410 e. The minimum atomic E-state index is -0.908. The summed E-state index contributed by atoms with van der Waals surface area (Å²) >= 11 is 1.38. The minimum absolute atomic E-state index is 0.0383. The molecular formula is C37H40N4O8S. The van der Waals surface area contributed by atoms with Crippen molar-refractivity contribution in [2.24, 2.45) is 0 Å². The summed E-state index contributed by atoms with van der Waals surface area (Å²) in [6.07, 6.45) is 1.67. The van der Waals surface area contributed by atoms with Crippen LogP contribution in [0.25, 0.3) is 0 Å². The molecule has 0 unspecified atom stereocenters. The molecule has 3 fully saturated rings. The van der Waals surface area contributed by atoms with Gasteiger partial charge in [0.15, 0.2) is 6.10 Å². The molecule has 0 aromatic heterocycles. The zero-order valence-corrected chi connectivity index (χ0v) is 29.0. The van der Waals surface area contributed by atoms with Crippen molar-refractivity contribution < 1.29 is 38.2 Å². The molecule has 4 amide bonds. The molecule has 13 heteroatoms. The zero-order chi connectivity index (χ0) is 35.6. The average Bonchev–Trinajstić information content (AvgIpc) is 3.42. The van der Waals surface area contributed by atoms with Crippen molar-refractivity contribution in [1.29, 1.82) is 0 Å². The van der Waals surface area contributed by atoms with E-state index in [9.17, 15) is 24.0 Å². The minimum Gasteiger partial charge on any atom is -0.448 e. The van der Waals surface area contributed by atoms with Gasteiger partial charge in [-0.3, -0.25) is 14.5 Å². The van der Waals surface area contributed by atoms with Crippen LogP contribution >= 0.6 is 11.8 Å². The Balaban J connectivity index is 1.27. The zero-order valence-electron chi connectivity index (χ0n) is 28.2. The fraction of sp³-hybridized carbons (Fsp3) is 0.378. The summed E-state index contributed by atoms with van der Waals surface area (Å²) in [5.74, 6) is -1.11. The first-order chi connectivity index (χ1) is 23.9. The molecule has 2 atom stereocenters. The van der Waals surface area contributed by atoms with Crippen LogP contribution in [-0.4, -0.2) is 99.7 Å². The number of amides is 4. The van der Waals surface area contributed by atoms with Crippen molar-refractivity contribution >= 4 is 41.7 Å². The Labute approximate surface area is 295 Å². The topological polar surface area (TPSA) is 135 Å². The Bertz CT molecular complexity index is 1690. The number of rotatable bonds is 9. The van der Waals surface area contributed by atoms with Crippen molar-refractivity contribution in [1.82, 2.24) is 20.0 Å². The van der Waals surface area contributed by atoms with E-state index in [2.05, 4.69) is 11.9 Å². The van der Waals surface area contributed by atoms with Crippen molar-refractivity contribution in [2.45, 2.75) is 56.4 Å². The number of carbonyl (C=O) groups excluding carboxylic acids is 5. The summed E-state index contributed by atoms with van der Waals surface area (Å²) in [5, 5.41) is 2.08. The number of allylic oxidation sites excluding steroid dienone is 1. The van der Waals surface area contributed by atoms with Crippen LogP contribution in [0.3, 0.4) is 0 Å². The molecule has 50 heavy (non-hydrogen) atoms. The fourth-order valence-corrected chi connectivity index (χ4v) is 7.58. The maximum atomic E-state index is 14.3. The number of carbonyl (C=O) groups is 5. The molecule has 4 heterocycles. The van der Waals surface area contributed by atoms with Gasteiger partial charge in [-0.25, -0.2) is 14.4 Å². The van der Waals surface area contributed by atoms with E-state index in [-0.39, 0.29) is 30.0 Å². The predicted octanol–water partition coefficient (Wildman–Crippen LogP) is 4.55. The average molecular weight is 701 g/mol. The van der Waals surface area contributed by atoms with Crippen molar-refractivity contribution in [3.8, 4) is 0 Å². The number of fused-ring (bicyclic) bond motifs is 1. The Hall–Kier alpha value is -5.04. The third-order valence-corrected chi connectivity index (χ3v) is 9.99. The van der Waals surface area contributed by atoms with E-state index in [1.54, 1.807) is 31.7 Å². The lowest BCUT2D eigenvalue weighted by atomic mass is 10.00. The SMILES string of the molecule is C=CCOC(=O)N1CC(N2CC/C(=C\C3=C(C(=O)OC(c4ccccc4)c4ccccc4)N4C(=O)[C@@H](NC(=O)OC(C)(C)C)[C@H]4SC3)C2=O)C1. The number of hydrogen-bond acceptors (Lipinski definition) is 9. The first kappa shape index (κ1) is 34.8. The highest BCUT2D eigenvalue weighted by Crippen LogP contribution is 2.43. The maximum absolute atomic E-state index is 14.3. The monoisotopic (exact) mass is 700 g/mol. The van der Waals surface area contributed by atoms with Gasteiger partial charge in [0, 0.05) is 31.0 Å². The van der Waals surface area contributed by atoms with Crippen LogP contribution in [0.15, 0.2) is 96.2 Å². The number of β-lactam (4-membered cyclic amide) rings is 1. The van der Waals surface area contributed by atoms with E-state index in [0.29, 0.717) is 37.2 Å². The normalized spacial score (nSPS) is 21.4. The molecule has 262 valence electrons. The lowest BCUT2D eigenvalue weighted by molar-refractivity contribution is -0.153. The molecule has 0 aliphatic carbocycles. The first-order valence-electron chi connectivity index (χ1n) is 16.5. The van der Waals surface area contributed by atoms with Crippen molar-refractivity contribution in [2.75, 3.05) is 32.0 Å². The lowest BCUT2D eigenvalue weighted by Gasteiger charge is -2.49. The van der Waals surface area contributed by atoms with Gasteiger partial charge in [-0.1, -0.05) is 73.3 Å². The molecule has 2 aromatic rings. The van der Waals surface area contributed by atoms with E-state index >= 15 is 0 Å². The van der Waals surface area contributed by atoms with Gasteiger partial charge in [0.25, 0.3) is 5.91 Å². The number of nitrogens with zero attached hydrogens (tertiary/aromatic N) is 3. The number of nitrogens with one attached hydrogen (secondary N) is 1. The molecule has 0 radical (unpaired) electrons. The molecule has 12 nitrogen and oxygen atoms in total. The van der Waals surface area contributed by atoms with Crippen LogP contribution in [0, 0.1) is 0 Å². The Morgan fingerprint density at radius 1 is 1.02 bits per heavy atom. The summed E-state index contributed by atoms with van der Waals surface area (Å²) in [7, 11) is 0. The number of thioether (sulfide) groups is 1. The Morgan fingerprint density at radius 2 is 1.66 bits per heavy atom. The van der Waals surface area contributed by atoms with Gasteiger partial charge in [-0.2, -0.15) is 0 Å². The predicted molar refractivity (Wildman–Crippen MR) is 185 cm³/mol. The van der Waals surface area contributed by atoms with E-state index in [4.69, 9.17) is 14.2 Å². The number of ether oxygens (including phenoxy) is 3. The second-order valence-corrected chi connectivity index (χ2v) is 14.5. The largest absolute Gasteiger partial charge is 0.448 e. The van der Waals surface area contributed by atoms with E-state index in [1.165, 1.54) is 27.6 Å². The highest BCUT2D eigenvalue weighted by molar-refractivity contribution is 8.00. The molecule has 1 N–H and O–H groups in total. The number of hydrogen-bond donors (Lipinski definition) is 1.